The summed E-state index contributed by atoms with van der Waals surface area (Å²) in [7, 11) is 1.61. The normalized spacial score (nSPS) is 10.5. The molecular formula is C21H21N3O3S. The number of benzene rings is 2. The van der Waals surface area contributed by atoms with Gasteiger partial charge in [0.25, 0.3) is 0 Å². The van der Waals surface area contributed by atoms with E-state index in [9.17, 15) is 9.59 Å². The molecule has 0 spiro atoms. The largest absolute Gasteiger partial charge is 0.497 e. The van der Waals surface area contributed by atoms with Gasteiger partial charge in [-0.2, -0.15) is 0 Å². The Labute approximate surface area is 167 Å². The Morgan fingerprint density at radius 1 is 1.11 bits per heavy atom. The zero-order chi connectivity index (χ0) is 19.9. The van der Waals surface area contributed by atoms with E-state index in [4.69, 9.17) is 4.74 Å². The molecule has 3 rings (SSSR count). The number of fused-ring (bicyclic) bond motifs is 1. The molecule has 0 aliphatic rings. The van der Waals surface area contributed by atoms with Crippen LogP contribution in [0.3, 0.4) is 0 Å². The summed E-state index contributed by atoms with van der Waals surface area (Å²) in [5.74, 6) is 0.438. The van der Waals surface area contributed by atoms with Gasteiger partial charge in [0.1, 0.15) is 5.75 Å². The lowest BCUT2D eigenvalue weighted by Gasteiger charge is -2.11. The number of carbonyl (C=O) groups is 2. The monoisotopic (exact) mass is 395 g/mol. The minimum Gasteiger partial charge on any atom is -0.497 e. The first-order chi connectivity index (χ1) is 13.6. The number of thioether (sulfide) groups is 1. The number of hydrogen-bond acceptors (Lipinski definition) is 5. The number of aromatic nitrogens is 1. The van der Waals surface area contributed by atoms with Crippen molar-refractivity contribution in [1.82, 2.24) is 15.6 Å². The number of methoxy groups -OCH3 is 1. The van der Waals surface area contributed by atoms with Crippen LogP contribution in [-0.2, 0) is 4.79 Å². The molecule has 144 valence electrons. The summed E-state index contributed by atoms with van der Waals surface area (Å²) in [6.45, 7) is 2.25. The van der Waals surface area contributed by atoms with E-state index in [2.05, 4.69) is 15.6 Å². The number of nitrogens with zero attached hydrogens (tertiary/aromatic N) is 1. The molecule has 3 aromatic rings. The molecule has 6 nitrogen and oxygen atoms in total. The maximum absolute atomic E-state index is 12.0. The maximum Gasteiger partial charge on any atom is 0.321 e. The molecule has 0 unspecified atom stereocenters. The molecule has 0 aliphatic carbocycles. The van der Waals surface area contributed by atoms with Crippen molar-refractivity contribution in [2.24, 2.45) is 0 Å². The number of amides is 3. The van der Waals surface area contributed by atoms with Crippen LogP contribution in [-0.4, -0.2) is 36.3 Å². The van der Waals surface area contributed by atoms with Gasteiger partial charge in [-0.15, -0.1) is 0 Å². The van der Waals surface area contributed by atoms with E-state index < -0.39 is 6.03 Å². The van der Waals surface area contributed by atoms with Crippen LogP contribution in [0.1, 0.15) is 6.92 Å². The lowest BCUT2D eigenvalue weighted by molar-refractivity contribution is -0.117. The first-order valence-electron chi connectivity index (χ1n) is 8.85. The Morgan fingerprint density at radius 3 is 2.61 bits per heavy atom. The Bertz CT molecular complexity index is 993. The lowest BCUT2D eigenvalue weighted by atomic mass is 10.0. The summed E-state index contributed by atoms with van der Waals surface area (Å²) in [6, 6.07) is 17.3. The Kier molecular flexibility index (Phi) is 6.49. The van der Waals surface area contributed by atoms with Gasteiger partial charge in [0.15, 0.2) is 0 Å². The van der Waals surface area contributed by atoms with Gasteiger partial charge in [0, 0.05) is 18.0 Å². The number of urea groups is 1. The van der Waals surface area contributed by atoms with E-state index in [-0.39, 0.29) is 11.7 Å². The summed E-state index contributed by atoms with van der Waals surface area (Å²) in [4.78, 5) is 28.1. The zero-order valence-electron chi connectivity index (χ0n) is 15.7. The van der Waals surface area contributed by atoms with Crippen LogP contribution in [0.4, 0.5) is 4.79 Å². The molecule has 3 amide bonds. The van der Waals surface area contributed by atoms with Crippen LogP contribution in [0.25, 0.3) is 22.0 Å². The van der Waals surface area contributed by atoms with Crippen molar-refractivity contribution < 1.29 is 14.3 Å². The summed E-state index contributed by atoms with van der Waals surface area (Å²) in [5.41, 5.74) is 2.88. The van der Waals surface area contributed by atoms with Crippen molar-refractivity contribution in [3.8, 4) is 16.9 Å². The molecule has 2 aromatic carbocycles. The standard InChI is InChI=1S/C21H21N3O3S/c1-3-22-21(26)24-19(25)13-28-20-12-17(14-7-5-4-6-8-14)16-10-9-15(27-2)11-18(16)23-20/h4-12H,3,13H2,1-2H3,(H2,22,24,25,26). The van der Waals surface area contributed by atoms with Crippen LogP contribution in [0.2, 0.25) is 0 Å². The molecule has 0 saturated heterocycles. The second-order valence-corrected chi connectivity index (χ2v) is 6.95. The van der Waals surface area contributed by atoms with E-state index in [1.54, 1.807) is 14.0 Å². The number of carbonyl (C=O) groups excluding carboxylic acids is 2. The van der Waals surface area contributed by atoms with Crippen molar-refractivity contribution in [3.63, 3.8) is 0 Å². The van der Waals surface area contributed by atoms with E-state index in [0.717, 1.165) is 27.8 Å². The zero-order valence-corrected chi connectivity index (χ0v) is 16.5. The molecule has 28 heavy (non-hydrogen) atoms. The average Bonchev–Trinajstić information content (AvgIpc) is 2.72. The van der Waals surface area contributed by atoms with E-state index in [0.29, 0.717) is 11.6 Å². The highest BCUT2D eigenvalue weighted by Crippen LogP contribution is 2.33. The van der Waals surface area contributed by atoms with Crippen LogP contribution in [0, 0.1) is 0 Å². The minimum atomic E-state index is -0.491. The fourth-order valence-corrected chi connectivity index (χ4v) is 3.46. The van der Waals surface area contributed by atoms with Gasteiger partial charge in [0.05, 0.1) is 23.4 Å². The molecular weight excluding hydrogens is 374 g/mol. The third-order valence-corrected chi connectivity index (χ3v) is 4.93. The van der Waals surface area contributed by atoms with Crippen molar-refractivity contribution in [2.45, 2.75) is 11.9 Å². The van der Waals surface area contributed by atoms with Gasteiger partial charge in [0.2, 0.25) is 5.91 Å². The molecule has 1 heterocycles. The van der Waals surface area contributed by atoms with Crippen molar-refractivity contribution >= 4 is 34.6 Å². The predicted octanol–water partition coefficient (Wildman–Crippen LogP) is 3.85. The molecule has 0 fully saturated rings. The minimum absolute atomic E-state index is 0.0911. The Balaban J connectivity index is 1.90. The van der Waals surface area contributed by atoms with Crippen molar-refractivity contribution in [1.29, 1.82) is 0 Å². The van der Waals surface area contributed by atoms with Crippen LogP contribution in [0.5, 0.6) is 5.75 Å². The van der Waals surface area contributed by atoms with Crippen LogP contribution in [0.15, 0.2) is 59.6 Å². The molecule has 0 saturated carbocycles. The lowest BCUT2D eigenvalue weighted by Crippen LogP contribution is -2.40. The van der Waals surface area contributed by atoms with Crippen LogP contribution >= 0.6 is 11.8 Å². The number of nitrogens with one attached hydrogen (secondary N) is 2. The highest BCUT2D eigenvalue weighted by Gasteiger charge is 2.12. The summed E-state index contributed by atoms with van der Waals surface area (Å²) in [5, 5.41) is 6.53. The highest BCUT2D eigenvalue weighted by atomic mass is 32.2. The summed E-state index contributed by atoms with van der Waals surface area (Å²) < 4.78 is 5.32. The number of ether oxygens (including phenoxy) is 1. The van der Waals surface area contributed by atoms with E-state index in [1.807, 2.05) is 54.6 Å². The predicted molar refractivity (Wildman–Crippen MR) is 112 cm³/mol. The Morgan fingerprint density at radius 2 is 1.89 bits per heavy atom. The highest BCUT2D eigenvalue weighted by molar-refractivity contribution is 7.99. The SMILES string of the molecule is CCNC(=O)NC(=O)CSc1cc(-c2ccccc2)c2ccc(OC)cc2n1. The molecule has 7 heteroatoms. The number of rotatable bonds is 6. The van der Waals surface area contributed by atoms with Gasteiger partial charge in [-0.25, -0.2) is 9.78 Å². The van der Waals surface area contributed by atoms with Crippen molar-refractivity contribution in [2.75, 3.05) is 19.4 Å². The van der Waals surface area contributed by atoms with Crippen molar-refractivity contribution in [3.05, 3.63) is 54.6 Å². The third kappa shape index (κ3) is 4.80. The number of pyridine rings is 1. The fourth-order valence-electron chi connectivity index (χ4n) is 2.75. The van der Waals surface area contributed by atoms with E-state index >= 15 is 0 Å². The fraction of sp³-hybridized carbons (Fsp3) is 0.190. The van der Waals surface area contributed by atoms with Gasteiger partial charge in [-0.05, 0) is 36.2 Å². The van der Waals surface area contributed by atoms with Crippen LogP contribution < -0.4 is 15.4 Å². The molecule has 0 bridgehead atoms. The maximum atomic E-state index is 12.0. The van der Waals surface area contributed by atoms with Gasteiger partial charge >= 0.3 is 6.03 Å². The molecule has 0 atom stereocenters. The quantitative estimate of drug-likeness (QED) is 0.620. The third-order valence-electron chi connectivity index (χ3n) is 4.02. The first kappa shape index (κ1) is 19.7. The number of hydrogen-bond donors (Lipinski definition) is 2. The molecule has 1 aromatic heterocycles. The Hall–Kier alpha value is -3.06. The topological polar surface area (TPSA) is 80.3 Å². The second-order valence-electron chi connectivity index (χ2n) is 5.95. The molecule has 0 aliphatic heterocycles. The van der Waals surface area contributed by atoms with E-state index in [1.165, 1.54) is 11.8 Å². The first-order valence-corrected chi connectivity index (χ1v) is 9.84. The van der Waals surface area contributed by atoms with Gasteiger partial charge < -0.3 is 10.1 Å². The summed E-state index contributed by atoms with van der Waals surface area (Å²) in [6.07, 6.45) is 0. The second kappa shape index (κ2) is 9.23. The molecule has 2 N–H and O–H groups in total. The summed E-state index contributed by atoms with van der Waals surface area (Å²) >= 11 is 1.28. The molecule has 0 radical (unpaired) electrons. The van der Waals surface area contributed by atoms with Gasteiger partial charge in [-0.3, -0.25) is 10.1 Å². The smallest absolute Gasteiger partial charge is 0.321 e. The number of imide groups is 1. The van der Waals surface area contributed by atoms with Gasteiger partial charge in [-0.1, -0.05) is 42.1 Å². The average molecular weight is 395 g/mol.